The zero-order chi connectivity index (χ0) is 21.1. The molecule has 4 rings (SSSR count). The van der Waals surface area contributed by atoms with Crippen molar-refractivity contribution in [1.29, 1.82) is 0 Å². The summed E-state index contributed by atoms with van der Waals surface area (Å²) in [6.07, 6.45) is 1.62. The van der Waals surface area contributed by atoms with Crippen molar-refractivity contribution >= 4 is 5.91 Å². The Morgan fingerprint density at radius 3 is 2.30 bits per heavy atom. The highest BCUT2D eigenvalue weighted by Gasteiger charge is 2.35. The van der Waals surface area contributed by atoms with Gasteiger partial charge in [0, 0.05) is 23.7 Å². The highest BCUT2D eigenvalue weighted by molar-refractivity contribution is 5.95. The van der Waals surface area contributed by atoms with E-state index in [1.807, 2.05) is 24.3 Å². The quantitative estimate of drug-likeness (QED) is 0.613. The van der Waals surface area contributed by atoms with Crippen molar-refractivity contribution in [3.8, 4) is 28.6 Å². The van der Waals surface area contributed by atoms with Crippen molar-refractivity contribution in [3.05, 3.63) is 53.9 Å². The number of carbonyl (C=O) groups is 1. The zero-order valence-electron chi connectivity index (χ0n) is 17.1. The Kier molecular flexibility index (Phi) is 5.56. The number of ether oxygens (including phenoxy) is 3. The highest BCUT2D eigenvalue weighted by atomic mass is 16.5. The second kappa shape index (κ2) is 8.44. The summed E-state index contributed by atoms with van der Waals surface area (Å²) in [5.41, 5.74) is 1.31. The molecule has 2 aromatic carbocycles. The van der Waals surface area contributed by atoms with Crippen LogP contribution in [0, 0.1) is 0 Å². The molecule has 1 saturated heterocycles. The predicted molar refractivity (Wildman–Crippen MR) is 109 cm³/mol. The molecule has 0 N–H and O–H groups in total. The van der Waals surface area contributed by atoms with Crippen molar-refractivity contribution in [2.24, 2.45) is 0 Å². The molecule has 1 amide bonds. The van der Waals surface area contributed by atoms with Crippen LogP contribution in [0.1, 0.15) is 35.1 Å². The van der Waals surface area contributed by atoms with Gasteiger partial charge >= 0.3 is 0 Å². The van der Waals surface area contributed by atoms with E-state index in [1.54, 1.807) is 44.4 Å². The van der Waals surface area contributed by atoms with E-state index < -0.39 is 0 Å². The smallest absolute Gasteiger partial charge is 0.254 e. The summed E-state index contributed by atoms with van der Waals surface area (Å²) in [6.45, 7) is 0.614. The molecule has 0 bridgehead atoms. The normalized spacial score (nSPS) is 15.8. The fraction of sp³-hybridized carbons (Fsp3) is 0.318. The second-order valence-electron chi connectivity index (χ2n) is 6.94. The van der Waals surface area contributed by atoms with Gasteiger partial charge in [-0.05, 0) is 49.2 Å². The summed E-state index contributed by atoms with van der Waals surface area (Å²) >= 11 is 0. The number of aromatic nitrogens is 2. The van der Waals surface area contributed by atoms with Crippen LogP contribution in [0.15, 0.2) is 47.0 Å². The van der Waals surface area contributed by atoms with Crippen LogP contribution in [0.5, 0.6) is 17.2 Å². The fourth-order valence-electron chi connectivity index (χ4n) is 3.59. The molecular weight excluding hydrogens is 386 g/mol. The molecular formula is C22H23N3O5. The van der Waals surface area contributed by atoms with Gasteiger partial charge in [-0.25, -0.2) is 0 Å². The molecule has 0 saturated carbocycles. The first-order valence-electron chi connectivity index (χ1n) is 9.65. The van der Waals surface area contributed by atoms with Gasteiger partial charge in [-0.3, -0.25) is 4.79 Å². The number of likely N-dealkylation sites (tertiary alicyclic amines) is 1. The number of nitrogens with zero attached hydrogens (tertiary/aromatic N) is 3. The molecule has 8 heteroatoms. The molecule has 156 valence electrons. The van der Waals surface area contributed by atoms with Gasteiger partial charge in [-0.1, -0.05) is 5.16 Å². The molecule has 30 heavy (non-hydrogen) atoms. The van der Waals surface area contributed by atoms with E-state index in [0.717, 1.165) is 24.2 Å². The second-order valence-corrected chi connectivity index (χ2v) is 6.94. The van der Waals surface area contributed by atoms with Crippen molar-refractivity contribution in [1.82, 2.24) is 15.0 Å². The first-order valence-corrected chi connectivity index (χ1v) is 9.65. The summed E-state index contributed by atoms with van der Waals surface area (Å²) in [6, 6.07) is 12.3. The van der Waals surface area contributed by atoms with Gasteiger partial charge in [-0.15, -0.1) is 0 Å². The average molecular weight is 409 g/mol. The number of benzene rings is 2. The molecule has 1 atom stereocenters. The van der Waals surface area contributed by atoms with Gasteiger partial charge < -0.3 is 23.6 Å². The largest absolute Gasteiger partial charge is 0.497 e. The van der Waals surface area contributed by atoms with Gasteiger partial charge in [0.05, 0.1) is 21.3 Å². The average Bonchev–Trinajstić information content (AvgIpc) is 3.48. The maximum Gasteiger partial charge on any atom is 0.254 e. The van der Waals surface area contributed by atoms with E-state index >= 15 is 0 Å². The molecule has 1 fully saturated rings. The monoisotopic (exact) mass is 409 g/mol. The van der Waals surface area contributed by atoms with Crippen LogP contribution in [0.3, 0.4) is 0 Å². The van der Waals surface area contributed by atoms with Gasteiger partial charge in [0.2, 0.25) is 11.7 Å². The Morgan fingerprint density at radius 1 is 1.00 bits per heavy atom. The lowest BCUT2D eigenvalue weighted by molar-refractivity contribution is 0.0709. The number of carbonyl (C=O) groups excluding carboxylic acids is 1. The van der Waals surface area contributed by atoms with Gasteiger partial charge in [0.25, 0.3) is 5.91 Å². The van der Waals surface area contributed by atoms with E-state index in [9.17, 15) is 4.79 Å². The van der Waals surface area contributed by atoms with E-state index in [0.29, 0.717) is 35.3 Å². The topological polar surface area (TPSA) is 86.9 Å². The SMILES string of the molecule is COc1ccc(-c2noc(C3CCCN3C(=O)c3cc(OC)cc(OC)c3)n2)cc1. The molecule has 0 aliphatic carbocycles. The van der Waals surface area contributed by atoms with Crippen molar-refractivity contribution in [2.75, 3.05) is 27.9 Å². The molecule has 0 radical (unpaired) electrons. The minimum absolute atomic E-state index is 0.126. The molecule has 0 spiro atoms. The Labute approximate surface area is 174 Å². The highest BCUT2D eigenvalue weighted by Crippen LogP contribution is 2.34. The summed E-state index contributed by atoms with van der Waals surface area (Å²) in [7, 11) is 4.73. The molecule has 3 aromatic rings. The third-order valence-electron chi connectivity index (χ3n) is 5.19. The van der Waals surface area contributed by atoms with Crippen LogP contribution in [0.4, 0.5) is 0 Å². The molecule has 1 unspecified atom stereocenters. The molecule has 2 heterocycles. The lowest BCUT2D eigenvalue weighted by Crippen LogP contribution is -2.30. The lowest BCUT2D eigenvalue weighted by atomic mass is 10.1. The van der Waals surface area contributed by atoms with Crippen LogP contribution >= 0.6 is 0 Å². The Balaban J connectivity index is 1.58. The Hall–Kier alpha value is -3.55. The van der Waals surface area contributed by atoms with Crippen molar-refractivity contribution in [3.63, 3.8) is 0 Å². The molecule has 1 aliphatic heterocycles. The van der Waals surface area contributed by atoms with Crippen LogP contribution in [-0.2, 0) is 0 Å². The van der Waals surface area contributed by atoms with Crippen LogP contribution in [0.25, 0.3) is 11.4 Å². The summed E-state index contributed by atoms with van der Waals surface area (Å²) < 4.78 is 21.3. The molecule has 8 nitrogen and oxygen atoms in total. The standard InChI is InChI=1S/C22H23N3O5/c1-27-16-8-6-14(7-9-16)20-23-21(30-24-20)19-5-4-10-25(19)22(26)15-11-17(28-2)13-18(12-15)29-3/h6-9,11-13,19H,4-5,10H2,1-3H3. The van der Waals surface area contributed by atoms with Gasteiger partial charge in [0.15, 0.2) is 0 Å². The maximum atomic E-state index is 13.2. The Morgan fingerprint density at radius 2 is 1.67 bits per heavy atom. The lowest BCUT2D eigenvalue weighted by Gasteiger charge is -2.22. The number of rotatable bonds is 6. The van der Waals surface area contributed by atoms with Crippen LogP contribution < -0.4 is 14.2 Å². The van der Waals surface area contributed by atoms with Gasteiger partial charge in [-0.2, -0.15) is 4.98 Å². The minimum atomic E-state index is -0.269. The molecule has 1 aliphatic rings. The summed E-state index contributed by atoms with van der Waals surface area (Å²) in [4.78, 5) is 19.5. The first kappa shape index (κ1) is 19.8. The maximum absolute atomic E-state index is 13.2. The number of hydrogen-bond donors (Lipinski definition) is 0. The number of hydrogen-bond acceptors (Lipinski definition) is 7. The van der Waals surface area contributed by atoms with Crippen molar-refractivity contribution in [2.45, 2.75) is 18.9 Å². The van der Waals surface area contributed by atoms with Crippen LogP contribution in [0.2, 0.25) is 0 Å². The zero-order valence-corrected chi connectivity index (χ0v) is 17.1. The van der Waals surface area contributed by atoms with E-state index in [-0.39, 0.29) is 11.9 Å². The van der Waals surface area contributed by atoms with Gasteiger partial charge in [0.1, 0.15) is 23.3 Å². The third-order valence-corrected chi connectivity index (χ3v) is 5.19. The third kappa shape index (κ3) is 3.80. The summed E-state index contributed by atoms with van der Waals surface area (Å²) in [5.74, 6) is 2.67. The minimum Gasteiger partial charge on any atom is -0.497 e. The molecule has 1 aromatic heterocycles. The van der Waals surface area contributed by atoms with E-state index in [4.69, 9.17) is 18.7 Å². The van der Waals surface area contributed by atoms with Crippen LogP contribution in [-0.4, -0.2) is 48.8 Å². The fourth-order valence-corrected chi connectivity index (χ4v) is 3.59. The van der Waals surface area contributed by atoms with E-state index in [1.165, 1.54) is 0 Å². The van der Waals surface area contributed by atoms with Crippen molar-refractivity contribution < 1.29 is 23.5 Å². The van der Waals surface area contributed by atoms with E-state index in [2.05, 4.69) is 10.1 Å². The number of amides is 1. The summed E-state index contributed by atoms with van der Waals surface area (Å²) in [5, 5.41) is 4.10. The number of methoxy groups -OCH3 is 3. The first-order chi connectivity index (χ1) is 14.6. The Bertz CT molecular complexity index is 1010. The predicted octanol–water partition coefficient (Wildman–Crippen LogP) is 3.74.